The molecule has 1 aliphatic rings. The Labute approximate surface area is 236 Å². The Morgan fingerprint density at radius 3 is 2.29 bits per heavy atom. The van der Waals surface area contributed by atoms with E-state index in [0.717, 1.165) is 0 Å². The van der Waals surface area contributed by atoms with Gasteiger partial charge in [0.2, 0.25) is 17.7 Å². The Morgan fingerprint density at radius 2 is 1.66 bits per heavy atom. The summed E-state index contributed by atoms with van der Waals surface area (Å²) in [5, 5.41) is 5.19. The monoisotopic (exact) mass is 576 g/mol. The molecule has 0 aliphatic carbocycles. The second-order valence-corrected chi connectivity index (χ2v) is 11.0. The molecular weight excluding hydrogens is 541 g/mol. The van der Waals surface area contributed by atoms with Crippen molar-refractivity contribution in [3.05, 3.63) is 71.0 Å². The second-order valence-electron chi connectivity index (χ2n) is 11.0. The number of likely N-dealkylation sites (tertiary alicyclic amines) is 1. The maximum absolute atomic E-state index is 14.6. The van der Waals surface area contributed by atoms with Crippen LogP contribution in [0.3, 0.4) is 0 Å². The van der Waals surface area contributed by atoms with Gasteiger partial charge in [0.1, 0.15) is 23.5 Å². The van der Waals surface area contributed by atoms with Gasteiger partial charge < -0.3 is 26.0 Å². The summed E-state index contributed by atoms with van der Waals surface area (Å²) in [6.45, 7) is 5.25. The number of nitrogens with zero attached hydrogens (tertiary/aromatic N) is 1. The predicted octanol–water partition coefficient (Wildman–Crippen LogP) is 3.13. The lowest BCUT2D eigenvalue weighted by Gasteiger charge is -2.28. The molecule has 3 unspecified atom stereocenters. The first-order valence-electron chi connectivity index (χ1n) is 13.3. The van der Waals surface area contributed by atoms with Crippen LogP contribution in [0.5, 0.6) is 0 Å². The van der Waals surface area contributed by atoms with Gasteiger partial charge in [-0.3, -0.25) is 14.4 Å². The number of ether oxygens (including phenoxy) is 1. The lowest BCUT2D eigenvalue weighted by molar-refractivity contribution is -0.138. The number of rotatable bonds is 10. The molecule has 0 spiro atoms. The van der Waals surface area contributed by atoms with Gasteiger partial charge in [-0.05, 0) is 57.2 Å². The number of primary amides is 1. The van der Waals surface area contributed by atoms with Gasteiger partial charge in [-0.1, -0.05) is 30.3 Å². The van der Waals surface area contributed by atoms with Gasteiger partial charge >= 0.3 is 6.09 Å². The highest BCUT2D eigenvalue weighted by Crippen LogP contribution is 2.21. The van der Waals surface area contributed by atoms with Crippen LogP contribution in [0.4, 0.5) is 18.0 Å². The fourth-order valence-corrected chi connectivity index (χ4v) is 4.66. The number of hydrogen-bond acceptors (Lipinski definition) is 5. The molecule has 2 aromatic rings. The molecule has 12 heteroatoms. The maximum Gasteiger partial charge on any atom is 0.408 e. The molecule has 9 nitrogen and oxygen atoms in total. The van der Waals surface area contributed by atoms with Crippen LogP contribution in [0, 0.1) is 17.5 Å². The molecule has 1 fully saturated rings. The van der Waals surface area contributed by atoms with Crippen molar-refractivity contribution in [2.45, 2.75) is 76.6 Å². The van der Waals surface area contributed by atoms with Gasteiger partial charge in [0.25, 0.3) is 0 Å². The predicted molar refractivity (Wildman–Crippen MR) is 144 cm³/mol. The molecule has 0 bridgehead atoms. The number of hydrogen-bond donors (Lipinski definition) is 3. The summed E-state index contributed by atoms with van der Waals surface area (Å²) in [4.78, 5) is 52.4. The van der Waals surface area contributed by atoms with Gasteiger partial charge in [0.15, 0.2) is 11.6 Å². The lowest BCUT2D eigenvalue weighted by atomic mass is 9.99. The van der Waals surface area contributed by atoms with E-state index in [2.05, 4.69) is 10.6 Å². The SMILES string of the molecule is CC(C)(C)OC(=O)NC(Cc1ccccc1)C(=O)NC(CC(=O)N1CCCC1C(N)=O)Cc1cc(F)c(F)cc1F. The fourth-order valence-electron chi connectivity index (χ4n) is 4.66. The first-order valence-corrected chi connectivity index (χ1v) is 13.3. The van der Waals surface area contributed by atoms with E-state index in [0.29, 0.717) is 30.5 Å². The Bertz CT molecular complexity index is 1270. The number of nitrogens with one attached hydrogen (secondary N) is 2. The minimum Gasteiger partial charge on any atom is -0.444 e. The summed E-state index contributed by atoms with van der Waals surface area (Å²) < 4.78 is 47.4. The number of alkyl carbamates (subject to hydrolysis) is 1. The Balaban J connectivity index is 1.87. The number of amides is 4. The van der Waals surface area contributed by atoms with Crippen LogP contribution in [-0.4, -0.2) is 59.0 Å². The third-order valence-electron chi connectivity index (χ3n) is 6.51. The molecule has 4 N–H and O–H groups in total. The van der Waals surface area contributed by atoms with E-state index in [1.807, 2.05) is 0 Å². The number of carbonyl (C=O) groups excluding carboxylic acids is 4. The molecule has 0 aromatic heterocycles. The maximum atomic E-state index is 14.6. The van der Waals surface area contributed by atoms with Crippen molar-refractivity contribution in [1.29, 1.82) is 0 Å². The number of carbonyl (C=O) groups is 4. The number of nitrogens with two attached hydrogens (primary N) is 1. The van der Waals surface area contributed by atoms with Gasteiger partial charge in [0, 0.05) is 31.5 Å². The largest absolute Gasteiger partial charge is 0.444 e. The van der Waals surface area contributed by atoms with Crippen molar-refractivity contribution < 1.29 is 37.1 Å². The fraction of sp³-hybridized carbons (Fsp3) is 0.448. The number of halogens is 3. The molecule has 222 valence electrons. The molecule has 0 radical (unpaired) electrons. The van der Waals surface area contributed by atoms with Crippen LogP contribution in [0.2, 0.25) is 0 Å². The molecule has 1 aliphatic heterocycles. The zero-order valence-corrected chi connectivity index (χ0v) is 23.2. The van der Waals surface area contributed by atoms with Gasteiger partial charge in [-0.2, -0.15) is 0 Å². The molecule has 2 aromatic carbocycles. The third-order valence-corrected chi connectivity index (χ3v) is 6.51. The highest BCUT2D eigenvalue weighted by molar-refractivity contribution is 5.89. The third kappa shape index (κ3) is 9.22. The van der Waals surface area contributed by atoms with Crippen LogP contribution in [-0.2, 0) is 32.0 Å². The quantitative estimate of drug-likeness (QED) is 0.374. The van der Waals surface area contributed by atoms with Crippen LogP contribution < -0.4 is 16.4 Å². The second kappa shape index (κ2) is 13.5. The van der Waals surface area contributed by atoms with E-state index < -0.39 is 71.4 Å². The topological polar surface area (TPSA) is 131 Å². The van der Waals surface area contributed by atoms with E-state index in [1.54, 1.807) is 51.1 Å². The minimum absolute atomic E-state index is 0.0575. The van der Waals surface area contributed by atoms with Crippen molar-refractivity contribution in [2.24, 2.45) is 5.73 Å². The molecule has 0 saturated carbocycles. The molecule has 1 heterocycles. The van der Waals surface area contributed by atoms with Crippen molar-refractivity contribution >= 4 is 23.8 Å². The summed E-state index contributed by atoms with van der Waals surface area (Å²) in [5.74, 6) is -5.65. The average molecular weight is 577 g/mol. The smallest absolute Gasteiger partial charge is 0.408 e. The lowest BCUT2D eigenvalue weighted by Crippen LogP contribution is -2.53. The Kier molecular flexibility index (Phi) is 10.4. The van der Waals surface area contributed by atoms with Crippen LogP contribution in [0.1, 0.15) is 51.2 Å². The molecule has 41 heavy (non-hydrogen) atoms. The summed E-state index contributed by atoms with van der Waals surface area (Å²) in [6, 6.07) is 6.78. The van der Waals surface area contributed by atoms with Crippen LogP contribution in [0.25, 0.3) is 0 Å². The number of benzene rings is 2. The van der Waals surface area contributed by atoms with Crippen molar-refractivity contribution in [3.8, 4) is 0 Å². The van der Waals surface area contributed by atoms with Crippen LogP contribution in [0.15, 0.2) is 42.5 Å². The van der Waals surface area contributed by atoms with Crippen molar-refractivity contribution in [1.82, 2.24) is 15.5 Å². The molecule has 1 saturated heterocycles. The molecule has 3 rings (SSSR count). The van der Waals surface area contributed by atoms with E-state index in [-0.39, 0.29) is 24.9 Å². The summed E-state index contributed by atoms with van der Waals surface area (Å²) >= 11 is 0. The van der Waals surface area contributed by atoms with E-state index in [4.69, 9.17) is 10.5 Å². The standard InChI is InChI=1S/C29H35F3N4O5/c1-29(2,3)41-28(40)35-23(12-17-8-5-4-6-9-17)27(39)34-19(13-18-14-21(31)22(32)16-20(18)30)15-25(37)36-11-7-10-24(36)26(33)38/h4-6,8-9,14,16,19,23-24H,7,10-13,15H2,1-3H3,(H2,33,38)(H,34,39)(H,35,40). The van der Waals surface area contributed by atoms with Crippen molar-refractivity contribution in [2.75, 3.05) is 6.54 Å². The first kappa shape index (κ1) is 31.4. The first-order chi connectivity index (χ1) is 19.2. The Morgan fingerprint density at radius 1 is 1.00 bits per heavy atom. The average Bonchev–Trinajstić information content (AvgIpc) is 3.37. The Hall–Kier alpha value is -4.09. The van der Waals surface area contributed by atoms with Gasteiger partial charge in [-0.15, -0.1) is 0 Å². The summed E-state index contributed by atoms with van der Waals surface area (Å²) in [7, 11) is 0. The molecular formula is C29H35F3N4O5. The normalized spacial score (nSPS) is 16.5. The highest BCUT2D eigenvalue weighted by Gasteiger charge is 2.35. The summed E-state index contributed by atoms with van der Waals surface area (Å²) in [6.07, 6.45) is -0.628. The minimum atomic E-state index is -1.38. The van der Waals surface area contributed by atoms with E-state index in [1.165, 1.54) is 4.90 Å². The van der Waals surface area contributed by atoms with Gasteiger partial charge in [0.05, 0.1) is 0 Å². The molecule has 4 amide bonds. The van der Waals surface area contributed by atoms with E-state index >= 15 is 0 Å². The van der Waals surface area contributed by atoms with Crippen molar-refractivity contribution in [3.63, 3.8) is 0 Å². The van der Waals surface area contributed by atoms with Crippen LogP contribution >= 0.6 is 0 Å². The summed E-state index contributed by atoms with van der Waals surface area (Å²) in [5.41, 5.74) is 5.03. The zero-order valence-electron chi connectivity index (χ0n) is 23.2. The van der Waals surface area contributed by atoms with Gasteiger partial charge in [-0.25, -0.2) is 18.0 Å². The molecule has 3 atom stereocenters. The van der Waals surface area contributed by atoms with E-state index in [9.17, 15) is 32.3 Å². The highest BCUT2D eigenvalue weighted by atomic mass is 19.2. The zero-order chi connectivity index (χ0) is 30.3.